The molecule has 166 valence electrons. The number of hydrogen-bond acceptors (Lipinski definition) is 5. The quantitative estimate of drug-likeness (QED) is 0.442. The molecule has 0 saturated heterocycles. The zero-order valence-electron chi connectivity index (χ0n) is 19.3. The molecule has 1 heterocycles. The normalized spacial score (nSPS) is 14.1. The molecule has 0 radical (unpaired) electrons. The minimum absolute atomic E-state index is 0.0545. The van der Waals surface area contributed by atoms with Crippen LogP contribution < -0.4 is 10.9 Å². The fourth-order valence-electron chi connectivity index (χ4n) is 3.15. The Morgan fingerprint density at radius 3 is 2.47 bits per heavy atom. The van der Waals surface area contributed by atoms with Crippen molar-refractivity contribution in [3.8, 4) is 11.8 Å². The van der Waals surface area contributed by atoms with Crippen molar-refractivity contribution in [3.63, 3.8) is 0 Å². The number of fused-ring (bicyclic) bond motifs is 1. The minimum Gasteiger partial charge on any atom is -0.337 e. The van der Waals surface area contributed by atoms with Crippen LogP contribution in [-0.2, 0) is 4.79 Å². The molecule has 1 amide bonds. The van der Waals surface area contributed by atoms with Gasteiger partial charge >= 0.3 is 0 Å². The largest absolute Gasteiger partial charge is 0.337 e. The van der Waals surface area contributed by atoms with Gasteiger partial charge in [0.1, 0.15) is 5.54 Å². The lowest BCUT2D eigenvalue weighted by molar-refractivity contribution is -0.121. The lowest BCUT2D eigenvalue weighted by Gasteiger charge is -2.28. The molecule has 2 aromatic carbocycles. The number of para-hydroxylation sites is 1. The van der Waals surface area contributed by atoms with Gasteiger partial charge in [0, 0.05) is 0 Å². The summed E-state index contributed by atoms with van der Waals surface area (Å²) < 4.78 is 1.56. The fourth-order valence-corrected chi connectivity index (χ4v) is 4.08. The van der Waals surface area contributed by atoms with Gasteiger partial charge in [0.2, 0.25) is 5.91 Å². The van der Waals surface area contributed by atoms with Crippen LogP contribution in [-0.4, -0.2) is 26.2 Å². The molecule has 0 aliphatic carbocycles. The first-order valence-corrected chi connectivity index (χ1v) is 11.4. The molecule has 2 atom stereocenters. The molecule has 0 saturated carbocycles. The van der Waals surface area contributed by atoms with E-state index in [9.17, 15) is 14.9 Å². The van der Waals surface area contributed by atoms with E-state index in [1.807, 2.05) is 58.0 Å². The molecule has 0 fully saturated rings. The summed E-state index contributed by atoms with van der Waals surface area (Å²) in [6.45, 7) is 11.3. The average molecular weight is 449 g/mol. The number of nitriles is 1. The van der Waals surface area contributed by atoms with Gasteiger partial charge in [-0.25, -0.2) is 4.98 Å². The molecule has 0 bridgehead atoms. The number of thioether (sulfide) groups is 1. The zero-order chi connectivity index (χ0) is 23.6. The van der Waals surface area contributed by atoms with Gasteiger partial charge in [-0.3, -0.25) is 14.2 Å². The Balaban J connectivity index is 2.07. The topological polar surface area (TPSA) is 87.8 Å². The molecule has 0 aliphatic heterocycles. The van der Waals surface area contributed by atoms with E-state index in [-0.39, 0.29) is 17.4 Å². The number of carbonyl (C=O) groups is 1. The summed E-state index contributed by atoms with van der Waals surface area (Å²) in [6.07, 6.45) is 0. The van der Waals surface area contributed by atoms with Crippen LogP contribution >= 0.6 is 11.8 Å². The molecule has 3 aromatic rings. The lowest BCUT2D eigenvalue weighted by Crippen LogP contribution is -2.51. The Hall–Kier alpha value is -3.11. The predicted octanol–water partition coefficient (Wildman–Crippen LogP) is 4.54. The first-order chi connectivity index (χ1) is 15.1. The van der Waals surface area contributed by atoms with E-state index in [2.05, 4.69) is 11.4 Å². The van der Waals surface area contributed by atoms with E-state index < -0.39 is 10.8 Å². The Labute approximate surface area is 192 Å². The van der Waals surface area contributed by atoms with Gasteiger partial charge in [0.15, 0.2) is 5.16 Å². The van der Waals surface area contributed by atoms with Crippen molar-refractivity contribution in [2.45, 2.75) is 57.5 Å². The maximum absolute atomic E-state index is 13.4. The molecule has 2 unspecified atom stereocenters. The van der Waals surface area contributed by atoms with E-state index >= 15 is 0 Å². The number of nitrogens with zero attached hydrogens (tertiary/aromatic N) is 3. The van der Waals surface area contributed by atoms with Crippen LogP contribution in [0.5, 0.6) is 0 Å². The van der Waals surface area contributed by atoms with E-state index in [0.717, 1.165) is 11.1 Å². The number of aryl methyl sites for hydroxylation is 2. The van der Waals surface area contributed by atoms with E-state index in [0.29, 0.717) is 21.7 Å². The third kappa shape index (κ3) is 4.56. The highest BCUT2D eigenvalue weighted by atomic mass is 32.2. The van der Waals surface area contributed by atoms with Gasteiger partial charge < -0.3 is 5.32 Å². The van der Waals surface area contributed by atoms with E-state index in [1.54, 1.807) is 30.5 Å². The van der Waals surface area contributed by atoms with Crippen LogP contribution in [0.25, 0.3) is 16.6 Å². The van der Waals surface area contributed by atoms with Crippen molar-refractivity contribution in [3.05, 3.63) is 63.9 Å². The Morgan fingerprint density at radius 2 is 1.84 bits per heavy atom. The Morgan fingerprint density at radius 1 is 1.16 bits per heavy atom. The number of rotatable bonds is 6. The van der Waals surface area contributed by atoms with Crippen LogP contribution in [0.2, 0.25) is 0 Å². The molecule has 3 rings (SSSR count). The summed E-state index contributed by atoms with van der Waals surface area (Å²) >= 11 is 1.21. The minimum atomic E-state index is -0.976. The van der Waals surface area contributed by atoms with Crippen LogP contribution in [0, 0.1) is 31.1 Å². The van der Waals surface area contributed by atoms with Crippen LogP contribution in [0.3, 0.4) is 0 Å². The predicted molar refractivity (Wildman–Crippen MR) is 129 cm³/mol. The van der Waals surface area contributed by atoms with E-state index in [4.69, 9.17) is 4.98 Å². The molecule has 0 spiro atoms. The average Bonchev–Trinajstić information content (AvgIpc) is 2.75. The number of nitrogens with one attached hydrogen (secondary N) is 1. The van der Waals surface area contributed by atoms with Crippen molar-refractivity contribution in [1.82, 2.24) is 14.9 Å². The summed E-state index contributed by atoms with van der Waals surface area (Å²) in [6, 6.07) is 15.2. The van der Waals surface area contributed by atoms with Crippen molar-refractivity contribution < 1.29 is 4.79 Å². The summed E-state index contributed by atoms with van der Waals surface area (Å²) in [7, 11) is 0. The summed E-state index contributed by atoms with van der Waals surface area (Å²) in [5.74, 6) is -0.331. The standard InChI is InChI=1S/C25H28N4O2S/c1-15(2)25(6,14-26)28-22(30)18(5)32-24-27-21-10-8-7-9-20(21)23(31)29(24)19-12-11-16(3)17(4)13-19/h7-13,15,18H,1-6H3,(H,28,30). The highest BCUT2D eigenvalue weighted by molar-refractivity contribution is 8.00. The second-order valence-corrected chi connectivity index (χ2v) is 9.85. The summed E-state index contributed by atoms with van der Waals surface area (Å²) in [5.41, 5.74) is 2.31. The van der Waals surface area contributed by atoms with Gasteiger partial charge in [-0.2, -0.15) is 5.26 Å². The zero-order valence-corrected chi connectivity index (χ0v) is 20.1. The third-order valence-corrected chi connectivity index (χ3v) is 6.97. The molecular weight excluding hydrogens is 420 g/mol. The van der Waals surface area contributed by atoms with Crippen molar-refractivity contribution in [2.24, 2.45) is 5.92 Å². The smallest absolute Gasteiger partial charge is 0.266 e. The molecule has 7 heteroatoms. The molecule has 32 heavy (non-hydrogen) atoms. The number of aromatic nitrogens is 2. The van der Waals surface area contributed by atoms with Crippen LogP contribution in [0.15, 0.2) is 52.4 Å². The number of amides is 1. The fraction of sp³-hybridized carbons (Fsp3) is 0.360. The summed E-state index contributed by atoms with van der Waals surface area (Å²) in [5, 5.41) is 12.8. The monoisotopic (exact) mass is 448 g/mol. The SMILES string of the molecule is Cc1ccc(-n2c(SC(C)C(=O)NC(C)(C#N)C(C)C)nc3ccccc3c2=O)cc1C. The van der Waals surface area contributed by atoms with Crippen molar-refractivity contribution in [2.75, 3.05) is 0 Å². The second-order valence-electron chi connectivity index (χ2n) is 8.54. The third-order valence-electron chi connectivity index (χ3n) is 5.91. The van der Waals surface area contributed by atoms with E-state index in [1.165, 1.54) is 11.8 Å². The Bertz CT molecular complexity index is 1280. The maximum Gasteiger partial charge on any atom is 0.266 e. The highest BCUT2D eigenvalue weighted by Crippen LogP contribution is 2.27. The second kappa shape index (κ2) is 9.17. The molecule has 6 nitrogen and oxygen atoms in total. The van der Waals surface area contributed by atoms with Gasteiger partial charge in [-0.05, 0) is 69.0 Å². The van der Waals surface area contributed by atoms with Gasteiger partial charge in [0.05, 0.1) is 27.9 Å². The maximum atomic E-state index is 13.4. The number of benzene rings is 2. The number of carbonyl (C=O) groups excluding carboxylic acids is 1. The van der Waals surface area contributed by atoms with Crippen molar-refractivity contribution in [1.29, 1.82) is 5.26 Å². The first-order valence-electron chi connectivity index (χ1n) is 10.6. The molecule has 1 N–H and O–H groups in total. The van der Waals surface area contributed by atoms with Crippen molar-refractivity contribution >= 4 is 28.6 Å². The van der Waals surface area contributed by atoms with Gasteiger partial charge in [-0.1, -0.05) is 43.8 Å². The molecular formula is C25H28N4O2S. The Kier molecular flexibility index (Phi) is 6.75. The lowest BCUT2D eigenvalue weighted by atomic mass is 9.90. The first kappa shape index (κ1) is 23.6. The summed E-state index contributed by atoms with van der Waals surface area (Å²) in [4.78, 5) is 31.1. The molecule has 0 aliphatic rings. The van der Waals surface area contributed by atoms with Crippen LogP contribution in [0.4, 0.5) is 0 Å². The highest BCUT2D eigenvalue weighted by Gasteiger charge is 2.32. The molecule has 1 aromatic heterocycles. The van der Waals surface area contributed by atoms with Crippen LogP contribution in [0.1, 0.15) is 38.8 Å². The number of hydrogen-bond donors (Lipinski definition) is 1. The van der Waals surface area contributed by atoms with Gasteiger partial charge in [0.25, 0.3) is 5.56 Å². The van der Waals surface area contributed by atoms with Gasteiger partial charge in [-0.15, -0.1) is 0 Å².